The zero-order chi connectivity index (χ0) is 35.6. The Bertz CT molecular complexity index is 2330. The minimum atomic E-state index is 0.377. The average Bonchev–Trinajstić information content (AvgIpc) is 4.05. The van der Waals surface area contributed by atoms with Gasteiger partial charge in [0.2, 0.25) is 0 Å². The first-order chi connectivity index (χ1) is 27.7. The van der Waals surface area contributed by atoms with Gasteiger partial charge in [-0.05, 0) is 180 Å². The van der Waals surface area contributed by atoms with Crippen LogP contribution in [-0.2, 0) is 9.47 Å². The number of rotatable bonds is 7. The van der Waals surface area contributed by atoms with E-state index in [0.29, 0.717) is 24.7 Å². The largest absolute Gasteiger partial charge is 0.382 e. The Kier molecular flexibility index (Phi) is 4.86. The molecule has 56 heavy (non-hydrogen) atoms. The molecule has 11 fully saturated rings. The van der Waals surface area contributed by atoms with Gasteiger partial charge in [-0.3, -0.25) is 4.90 Å². The quantitative estimate of drug-likeness (QED) is 0.206. The van der Waals surface area contributed by atoms with Gasteiger partial charge in [-0.1, -0.05) is 75.9 Å². The lowest BCUT2D eigenvalue weighted by atomic mass is 9.41. The molecule has 3 nitrogen and oxygen atoms in total. The van der Waals surface area contributed by atoms with Gasteiger partial charge in [0.05, 0.1) is 19.8 Å². The van der Waals surface area contributed by atoms with Crippen molar-refractivity contribution in [3.63, 3.8) is 0 Å². The summed E-state index contributed by atoms with van der Waals surface area (Å²) in [6, 6.07) is 10.6. The Balaban J connectivity index is 0.925. The third-order valence-electron chi connectivity index (χ3n) is 23.7. The van der Waals surface area contributed by atoms with Crippen LogP contribution in [0.15, 0.2) is 81.5 Å². The van der Waals surface area contributed by atoms with E-state index in [4.69, 9.17) is 9.47 Å². The van der Waals surface area contributed by atoms with Gasteiger partial charge in [0, 0.05) is 43.5 Å². The summed E-state index contributed by atoms with van der Waals surface area (Å²) >= 11 is 0. The van der Waals surface area contributed by atoms with Crippen molar-refractivity contribution in [1.29, 1.82) is 0 Å². The number of methoxy groups -OCH3 is 1. The molecule has 1 aromatic carbocycles. The Hall–Kier alpha value is -2.20. The molecule has 0 amide bonds. The topological polar surface area (TPSA) is 21.7 Å². The van der Waals surface area contributed by atoms with E-state index in [2.05, 4.69) is 71.0 Å². The fourth-order valence-corrected chi connectivity index (χ4v) is 24.5. The summed E-state index contributed by atoms with van der Waals surface area (Å²) in [6.07, 6.45) is 16.2. The van der Waals surface area contributed by atoms with Gasteiger partial charge in [0.15, 0.2) is 0 Å². The molecular weight excluding hydrogens is 683 g/mol. The second-order valence-corrected chi connectivity index (χ2v) is 23.9. The molecule has 3 heteroatoms. The molecule has 0 bridgehead atoms. The number of ether oxygens (including phenoxy) is 2. The molecule has 286 valence electrons. The second-order valence-electron chi connectivity index (χ2n) is 23.9. The second kappa shape index (κ2) is 9.10. The predicted octanol–water partition coefficient (Wildman–Crippen LogP) is 8.71. The van der Waals surface area contributed by atoms with Crippen LogP contribution in [0.1, 0.15) is 49.3 Å². The Morgan fingerprint density at radius 2 is 1.59 bits per heavy atom. The highest BCUT2D eigenvalue weighted by atomic mass is 16.5. The fraction of sp³-hybridized carbons (Fsp3) is 0.698. The van der Waals surface area contributed by atoms with E-state index in [-0.39, 0.29) is 0 Å². The molecule has 0 N–H and O–H groups in total. The zero-order valence-corrected chi connectivity index (χ0v) is 33.2. The summed E-state index contributed by atoms with van der Waals surface area (Å²) in [5, 5.41) is 0. The van der Waals surface area contributed by atoms with Crippen molar-refractivity contribution >= 4 is 0 Å². The highest BCUT2D eigenvalue weighted by Gasteiger charge is 2.87. The van der Waals surface area contributed by atoms with Crippen molar-refractivity contribution in [2.24, 2.45) is 142 Å². The van der Waals surface area contributed by atoms with Crippen molar-refractivity contribution in [1.82, 2.24) is 4.90 Å². The summed E-state index contributed by atoms with van der Waals surface area (Å²) in [5.74, 6) is 22.1. The molecule has 1 heterocycles. The normalized spacial score (nSPS) is 61.2. The standard InChI is InChI=1S/C53H57NO2/c1-20-4-3-5-21(10-20)52-53-18-28-16-26-14-23-11-22-12-25-13-24-15-27-17-29(30(53)19-54(52)6-7-56-9-8-55-2)38-43-34(27)33(24)40-35(25)39-31(22)32(23)41-36(26)42-37(28)51(53)50(38)49-47(42)45(41)44(39)46(40)48(43)49/h3-5,10-12,14,24,26,28,30-33,35-37,39-52H,6-9,13,15-19H2,1-2H3. The number of nitrogens with zero attached hydrogens (tertiary/aromatic N) is 1. The number of allylic oxidation sites excluding steroid dienone is 9. The maximum absolute atomic E-state index is 6.37. The summed E-state index contributed by atoms with van der Waals surface area (Å²) in [5.41, 5.74) is 17.8. The van der Waals surface area contributed by atoms with Crippen LogP contribution in [0.5, 0.6) is 0 Å². The number of likely N-dealkylation sites (tertiary alicyclic amines) is 1. The SMILES string of the molecule is COCCOCCN1CC2C3=C4C5C6=C(C3)CC3CC7=CC8=CC9=CC%10CC%11CC2(C2C4C4C5C5C(C63)C7C3C8C9C6C%10C(C4C6C35)C%112)C1c1cccc(C)c1. The monoisotopic (exact) mass is 739 g/mol. The molecule has 1 aromatic rings. The van der Waals surface area contributed by atoms with Crippen molar-refractivity contribution in [3.05, 3.63) is 92.6 Å². The van der Waals surface area contributed by atoms with Gasteiger partial charge >= 0.3 is 0 Å². The smallest absolute Gasteiger partial charge is 0.0700 e. The van der Waals surface area contributed by atoms with E-state index in [1.54, 1.807) is 5.56 Å². The maximum atomic E-state index is 6.37. The summed E-state index contributed by atoms with van der Waals surface area (Å²) in [6.45, 7) is 6.97. The molecule has 18 rings (SSSR count). The number of benzene rings is 1. The van der Waals surface area contributed by atoms with Crippen molar-refractivity contribution in [2.75, 3.05) is 40.0 Å². The molecule has 17 aliphatic rings. The lowest BCUT2D eigenvalue weighted by Crippen LogP contribution is -2.59. The fourth-order valence-electron chi connectivity index (χ4n) is 24.5. The lowest BCUT2D eigenvalue weighted by Gasteiger charge is -2.62. The summed E-state index contributed by atoms with van der Waals surface area (Å²) in [4.78, 5) is 3.06. The maximum Gasteiger partial charge on any atom is 0.0700 e. The average molecular weight is 740 g/mol. The zero-order valence-electron chi connectivity index (χ0n) is 33.2. The van der Waals surface area contributed by atoms with Crippen LogP contribution in [0.2, 0.25) is 0 Å². The van der Waals surface area contributed by atoms with E-state index in [9.17, 15) is 0 Å². The molecule has 1 saturated heterocycles. The molecule has 0 aromatic heterocycles. The molecule has 16 aliphatic carbocycles. The highest BCUT2D eigenvalue weighted by molar-refractivity contribution is 5.60. The van der Waals surface area contributed by atoms with Crippen LogP contribution in [0.3, 0.4) is 0 Å². The van der Waals surface area contributed by atoms with Gasteiger partial charge in [0.25, 0.3) is 0 Å². The third kappa shape index (κ3) is 2.72. The van der Waals surface area contributed by atoms with Gasteiger partial charge in [0.1, 0.15) is 0 Å². The Labute approximate surface area is 332 Å². The Morgan fingerprint density at radius 3 is 2.50 bits per heavy atom. The Morgan fingerprint density at radius 1 is 0.750 bits per heavy atom. The lowest BCUT2D eigenvalue weighted by molar-refractivity contribution is -0.144. The van der Waals surface area contributed by atoms with E-state index in [1.807, 2.05) is 29.4 Å². The summed E-state index contributed by atoms with van der Waals surface area (Å²) < 4.78 is 11.8. The van der Waals surface area contributed by atoms with Crippen LogP contribution < -0.4 is 0 Å². The van der Waals surface area contributed by atoms with E-state index in [0.717, 1.165) is 149 Å². The number of fused-ring (bicyclic) bond motifs is 1. The van der Waals surface area contributed by atoms with E-state index >= 15 is 0 Å². The van der Waals surface area contributed by atoms with Gasteiger partial charge in [-0.25, -0.2) is 0 Å². The van der Waals surface area contributed by atoms with Crippen LogP contribution in [0, 0.1) is 148 Å². The van der Waals surface area contributed by atoms with Gasteiger partial charge in [-0.15, -0.1) is 0 Å². The van der Waals surface area contributed by atoms with Gasteiger partial charge < -0.3 is 9.47 Å². The first-order valence-electron chi connectivity index (χ1n) is 24.1. The highest BCUT2D eigenvalue weighted by Crippen LogP contribution is 2.92. The van der Waals surface area contributed by atoms with Crippen LogP contribution in [0.25, 0.3) is 0 Å². The van der Waals surface area contributed by atoms with E-state index in [1.165, 1.54) is 44.2 Å². The molecule has 0 radical (unpaired) electrons. The van der Waals surface area contributed by atoms with Crippen LogP contribution in [0.4, 0.5) is 0 Å². The summed E-state index contributed by atoms with van der Waals surface area (Å²) in [7, 11) is 1.81. The van der Waals surface area contributed by atoms with Gasteiger partial charge in [-0.2, -0.15) is 0 Å². The van der Waals surface area contributed by atoms with E-state index < -0.39 is 0 Å². The third-order valence-corrected chi connectivity index (χ3v) is 23.7. The number of aryl methyl sites for hydroxylation is 1. The van der Waals surface area contributed by atoms with Crippen molar-refractivity contribution in [2.45, 2.75) is 45.1 Å². The molecule has 25 atom stereocenters. The predicted molar refractivity (Wildman–Crippen MR) is 212 cm³/mol. The molecule has 25 unspecified atom stereocenters. The first-order valence-corrected chi connectivity index (χ1v) is 24.1. The van der Waals surface area contributed by atoms with Crippen LogP contribution in [-0.4, -0.2) is 44.9 Å². The molecule has 1 spiro atoms. The first kappa shape index (κ1) is 29.9. The number of hydrogen-bond acceptors (Lipinski definition) is 3. The molecule has 10 saturated carbocycles. The minimum Gasteiger partial charge on any atom is -0.382 e. The molecule has 1 aliphatic heterocycles. The molecular formula is C53H57NO2. The number of hydrogen-bond donors (Lipinski definition) is 0. The van der Waals surface area contributed by atoms with Crippen molar-refractivity contribution in [3.8, 4) is 0 Å². The minimum absolute atomic E-state index is 0.377. The van der Waals surface area contributed by atoms with Crippen LogP contribution >= 0.6 is 0 Å². The van der Waals surface area contributed by atoms with Crippen molar-refractivity contribution < 1.29 is 9.47 Å².